The molecule has 0 spiro atoms. The molecule has 0 saturated heterocycles. The van der Waals surface area contributed by atoms with Crippen LogP contribution < -0.4 is 4.72 Å². The van der Waals surface area contributed by atoms with Crippen molar-refractivity contribution in [3.05, 3.63) is 104 Å². The molecule has 1 atom stereocenters. The third kappa shape index (κ3) is 6.17. The molecule has 1 unspecified atom stereocenters. The van der Waals surface area contributed by atoms with Crippen molar-refractivity contribution >= 4 is 31.6 Å². The number of nitro groups is 1. The number of hydrogen-bond donors (Lipinski definition) is 1. The Morgan fingerprint density at radius 2 is 1.68 bits per heavy atom. The van der Waals surface area contributed by atoms with Crippen molar-refractivity contribution in [3.63, 3.8) is 0 Å². The Hall–Kier alpha value is -2.66. The van der Waals surface area contributed by atoms with Gasteiger partial charge >= 0.3 is 0 Å². The highest BCUT2D eigenvalue weighted by atomic mass is 79.9. The van der Waals surface area contributed by atoms with Crippen LogP contribution in [0.4, 0.5) is 10.1 Å². The van der Waals surface area contributed by atoms with Crippen LogP contribution in [0.2, 0.25) is 0 Å². The molecule has 7 nitrogen and oxygen atoms in total. The molecule has 3 aromatic carbocycles. The summed E-state index contributed by atoms with van der Waals surface area (Å²) >= 11 is 3.35. The van der Waals surface area contributed by atoms with E-state index >= 15 is 0 Å². The zero-order chi connectivity index (χ0) is 22.4. The largest absolute Gasteiger partial charge is 0.367 e. The second kappa shape index (κ2) is 10.1. The molecule has 0 aliphatic rings. The van der Waals surface area contributed by atoms with Gasteiger partial charge in [-0.15, -0.1) is 0 Å². The fourth-order valence-electron chi connectivity index (χ4n) is 2.83. The number of halogens is 2. The minimum absolute atomic E-state index is 0.183. The molecule has 0 heterocycles. The van der Waals surface area contributed by atoms with Crippen molar-refractivity contribution < 1.29 is 22.5 Å². The minimum atomic E-state index is -4.19. The summed E-state index contributed by atoms with van der Waals surface area (Å²) in [6.45, 7) is -0.0148. The molecule has 31 heavy (non-hydrogen) atoms. The van der Waals surface area contributed by atoms with Crippen LogP contribution >= 0.6 is 15.9 Å². The van der Waals surface area contributed by atoms with E-state index in [1.165, 1.54) is 36.4 Å². The van der Waals surface area contributed by atoms with Gasteiger partial charge in [-0.1, -0.05) is 52.3 Å². The summed E-state index contributed by atoms with van der Waals surface area (Å²) < 4.78 is 48.0. The Bertz CT molecular complexity index is 1160. The minimum Gasteiger partial charge on any atom is -0.367 e. The maximum Gasteiger partial charge on any atom is 0.289 e. The zero-order valence-corrected chi connectivity index (χ0v) is 18.5. The van der Waals surface area contributed by atoms with Crippen LogP contribution in [0, 0.1) is 15.9 Å². The summed E-state index contributed by atoms with van der Waals surface area (Å²) in [5.41, 5.74) is 0.893. The van der Waals surface area contributed by atoms with Crippen molar-refractivity contribution in [1.82, 2.24) is 4.72 Å². The standard InChI is InChI=1S/C21H18BrFN2O5S/c22-17-9-5-15(6-10-17)14-30-20(16-7-11-18(23)12-8-16)13-24-31(28,29)21-4-2-1-3-19(21)25(26)27/h1-12,20,24H,13-14H2. The molecule has 0 radical (unpaired) electrons. The molecule has 0 aliphatic carbocycles. The second-order valence-corrected chi connectivity index (χ2v) is 9.21. The predicted molar refractivity (Wildman–Crippen MR) is 116 cm³/mol. The number of benzene rings is 3. The molecule has 0 aliphatic heterocycles. The van der Waals surface area contributed by atoms with Crippen molar-refractivity contribution in [3.8, 4) is 0 Å². The normalized spacial score (nSPS) is 12.5. The number of hydrogen-bond acceptors (Lipinski definition) is 5. The summed E-state index contributed by atoms with van der Waals surface area (Å²) in [4.78, 5) is 10.0. The molecule has 162 valence electrons. The number of nitrogens with zero attached hydrogens (tertiary/aromatic N) is 1. The van der Waals surface area contributed by atoms with Crippen molar-refractivity contribution in [2.45, 2.75) is 17.6 Å². The Balaban J connectivity index is 1.80. The maximum atomic E-state index is 13.3. The van der Waals surface area contributed by atoms with Gasteiger partial charge in [-0.3, -0.25) is 10.1 Å². The molecule has 3 aromatic rings. The van der Waals surface area contributed by atoms with E-state index in [4.69, 9.17) is 4.74 Å². The fourth-order valence-corrected chi connectivity index (χ4v) is 4.29. The van der Waals surface area contributed by atoms with E-state index in [1.807, 2.05) is 24.3 Å². The number of sulfonamides is 1. The Morgan fingerprint density at radius 3 is 2.32 bits per heavy atom. The van der Waals surface area contributed by atoms with Gasteiger partial charge in [0, 0.05) is 17.1 Å². The summed E-state index contributed by atoms with van der Waals surface area (Å²) in [6, 6.07) is 18.0. The van der Waals surface area contributed by atoms with Gasteiger partial charge in [0.1, 0.15) is 5.82 Å². The molecule has 0 aromatic heterocycles. The quantitative estimate of drug-likeness (QED) is 0.332. The summed E-state index contributed by atoms with van der Waals surface area (Å²) in [6.07, 6.45) is -0.748. The van der Waals surface area contributed by atoms with Crippen LogP contribution in [0.3, 0.4) is 0 Å². The predicted octanol–water partition coefficient (Wildman–Crippen LogP) is 4.73. The third-order valence-corrected chi connectivity index (χ3v) is 6.42. The third-order valence-electron chi connectivity index (χ3n) is 4.42. The average Bonchev–Trinajstić information content (AvgIpc) is 2.76. The molecule has 0 amide bonds. The number of para-hydroxylation sites is 1. The highest BCUT2D eigenvalue weighted by Crippen LogP contribution is 2.25. The van der Waals surface area contributed by atoms with Crippen LogP contribution in [0.15, 0.2) is 82.2 Å². The van der Waals surface area contributed by atoms with E-state index in [1.54, 1.807) is 0 Å². The van der Waals surface area contributed by atoms with Gasteiger partial charge in [-0.25, -0.2) is 17.5 Å². The Morgan fingerprint density at radius 1 is 1.03 bits per heavy atom. The molecule has 10 heteroatoms. The van der Waals surface area contributed by atoms with Gasteiger partial charge in [0.25, 0.3) is 5.69 Å². The molecular formula is C21H18BrFN2O5S. The SMILES string of the molecule is O=[N+]([O-])c1ccccc1S(=O)(=O)NCC(OCc1ccc(Br)cc1)c1ccc(F)cc1. The lowest BCUT2D eigenvalue weighted by Crippen LogP contribution is -2.30. The highest BCUT2D eigenvalue weighted by Gasteiger charge is 2.26. The lowest BCUT2D eigenvalue weighted by atomic mass is 10.1. The maximum absolute atomic E-state index is 13.3. The molecule has 0 fully saturated rings. The molecular weight excluding hydrogens is 491 g/mol. The molecule has 0 bridgehead atoms. The van der Waals surface area contributed by atoms with Crippen molar-refractivity contribution in [1.29, 1.82) is 0 Å². The second-order valence-electron chi connectivity index (χ2n) is 6.55. The monoisotopic (exact) mass is 508 g/mol. The van der Waals surface area contributed by atoms with Gasteiger partial charge in [-0.05, 0) is 41.5 Å². The van der Waals surface area contributed by atoms with Gasteiger partial charge in [0.2, 0.25) is 10.0 Å². The molecule has 1 N–H and O–H groups in total. The topological polar surface area (TPSA) is 98.5 Å². The summed E-state index contributed by atoms with van der Waals surface area (Å²) in [5, 5.41) is 11.2. The summed E-state index contributed by atoms with van der Waals surface area (Å²) in [5.74, 6) is -0.434. The first-order valence-corrected chi connectivity index (χ1v) is 11.4. The number of nitro benzene ring substituents is 1. The van der Waals surface area contributed by atoms with Gasteiger partial charge in [0.15, 0.2) is 4.90 Å². The molecule has 3 rings (SSSR count). The van der Waals surface area contributed by atoms with Gasteiger partial charge in [-0.2, -0.15) is 0 Å². The van der Waals surface area contributed by atoms with E-state index in [2.05, 4.69) is 20.7 Å². The average molecular weight is 509 g/mol. The molecule has 0 saturated carbocycles. The zero-order valence-electron chi connectivity index (χ0n) is 16.1. The number of rotatable bonds is 9. The first-order valence-electron chi connectivity index (χ1n) is 9.11. The smallest absolute Gasteiger partial charge is 0.289 e. The van der Waals surface area contributed by atoms with E-state index in [9.17, 15) is 22.9 Å². The van der Waals surface area contributed by atoms with Crippen molar-refractivity contribution in [2.24, 2.45) is 0 Å². The van der Waals surface area contributed by atoms with Crippen LogP contribution in [0.5, 0.6) is 0 Å². The van der Waals surface area contributed by atoms with Crippen LogP contribution in [0.1, 0.15) is 17.2 Å². The highest BCUT2D eigenvalue weighted by molar-refractivity contribution is 9.10. The lowest BCUT2D eigenvalue weighted by Gasteiger charge is -2.19. The van der Waals surface area contributed by atoms with E-state index < -0.39 is 37.5 Å². The lowest BCUT2D eigenvalue weighted by molar-refractivity contribution is -0.387. The van der Waals surface area contributed by atoms with Crippen molar-refractivity contribution in [2.75, 3.05) is 6.54 Å². The van der Waals surface area contributed by atoms with Crippen LogP contribution in [0.25, 0.3) is 0 Å². The number of ether oxygens (including phenoxy) is 1. The first-order chi connectivity index (χ1) is 14.8. The van der Waals surface area contributed by atoms with Crippen LogP contribution in [-0.4, -0.2) is 19.9 Å². The fraction of sp³-hybridized carbons (Fsp3) is 0.143. The summed E-state index contributed by atoms with van der Waals surface area (Å²) in [7, 11) is -4.19. The Labute approximate surface area is 187 Å². The first kappa shape index (κ1) is 23.0. The van der Waals surface area contributed by atoms with Gasteiger partial charge in [0.05, 0.1) is 17.6 Å². The van der Waals surface area contributed by atoms with E-state index in [0.717, 1.165) is 22.2 Å². The Kier molecular flexibility index (Phi) is 7.50. The van der Waals surface area contributed by atoms with Crippen LogP contribution in [-0.2, 0) is 21.4 Å². The number of nitrogens with one attached hydrogen (secondary N) is 1. The van der Waals surface area contributed by atoms with E-state index in [-0.39, 0.29) is 13.2 Å². The van der Waals surface area contributed by atoms with E-state index in [0.29, 0.717) is 5.56 Å². The van der Waals surface area contributed by atoms with Gasteiger partial charge < -0.3 is 4.74 Å².